The van der Waals surface area contributed by atoms with Crippen molar-refractivity contribution in [2.24, 2.45) is 5.41 Å². The topological polar surface area (TPSA) is 59.1 Å². The van der Waals surface area contributed by atoms with E-state index < -0.39 is 17.2 Å². The fourth-order valence-electron chi connectivity index (χ4n) is 4.20. The van der Waals surface area contributed by atoms with Gasteiger partial charge in [-0.15, -0.1) is 0 Å². The van der Waals surface area contributed by atoms with Crippen molar-refractivity contribution in [3.05, 3.63) is 65.2 Å². The second-order valence-electron chi connectivity index (χ2n) is 9.68. The molecule has 0 bridgehead atoms. The van der Waals surface area contributed by atoms with E-state index in [1.165, 1.54) is 12.1 Å². The minimum atomic E-state index is -4.38. The summed E-state index contributed by atoms with van der Waals surface area (Å²) in [6.07, 6.45) is -3.22. The fraction of sp³-hybridized carbons (Fsp3) is 0.481. The van der Waals surface area contributed by atoms with Gasteiger partial charge in [0.05, 0.1) is 30.2 Å². The Labute approximate surface area is 210 Å². The van der Waals surface area contributed by atoms with E-state index in [-0.39, 0.29) is 24.6 Å². The first-order valence-electron chi connectivity index (χ1n) is 12.0. The predicted octanol–water partition coefficient (Wildman–Crippen LogP) is 5.54. The molecule has 1 saturated heterocycles. The van der Waals surface area contributed by atoms with Crippen LogP contribution in [0.15, 0.2) is 48.5 Å². The van der Waals surface area contributed by atoms with E-state index in [1.54, 1.807) is 23.8 Å². The molecule has 2 aromatic rings. The Morgan fingerprint density at radius 1 is 1.03 bits per heavy atom. The first-order chi connectivity index (χ1) is 16.9. The van der Waals surface area contributed by atoms with Gasteiger partial charge in [-0.05, 0) is 62.6 Å². The molecule has 0 saturated carbocycles. The van der Waals surface area contributed by atoms with Crippen LogP contribution in [0, 0.1) is 5.41 Å². The molecule has 2 aromatic carbocycles. The summed E-state index contributed by atoms with van der Waals surface area (Å²) in [5.74, 6) is 0.467. The number of benzene rings is 2. The highest BCUT2D eigenvalue weighted by atomic mass is 19.4. The lowest BCUT2D eigenvalue weighted by atomic mass is 9.86. The number of ether oxygens (including phenoxy) is 2. The van der Waals surface area contributed by atoms with Crippen LogP contribution in [-0.2, 0) is 28.7 Å². The Morgan fingerprint density at radius 2 is 1.64 bits per heavy atom. The predicted molar refractivity (Wildman–Crippen MR) is 129 cm³/mol. The number of hydrogen-bond acceptors (Lipinski definition) is 4. The largest absolute Gasteiger partial charge is 0.494 e. The maximum Gasteiger partial charge on any atom is 0.416 e. The van der Waals surface area contributed by atoms with Gasteiger partial charge in [-0.1, -0.05) is 24.3 Å². The second-order valence-corrected chi connectivity index (χ2v) is 9.68. The van der Waals surface area contributed by atoms with Crippen molar-refractivity contribution < 1.29 is 32.2 Å². The first-order valence-corrected chi connectivity index (χ1v) is 12.0. The molecule has 0 radical (unpaired) electrons. The van der Waals surface area contributed by atoms with Crippen molar-refractivity contribution in [3.8, 4) is 5.75 Å². The highest BCUT2D eigenvalue weighted by molar-refractivity contribution is 5.77. The summed E-state index contributed by atoms with van der Waals surface area (Å²) in [4.78, 5) is 28.0. The minimum Gasteiger partial charge on any atom is -0.494 e. The van der Waals surface area contributed by atoms with Crippen LogP contribution in [0.4, 0.5) is 18.0 Å². The van der Waals surface area contributed by atoms with E-state index >= 15 is 0 Å². The van der Waals surface area contributed by atoms with E-state index in [0.29, 0.717) is 43.9 Å². The number of likely N-dealkylation sites (N-methyl/N-ethyl adjacent to an activating group) is 1. The lowest BCUT2D eigenvalue weighted by Crippen LogP contribution is -2.31. The molecule has 0 spiro atoms. The van der Waals surface area contributed by atoms with Crippen LogP contribution >= 0.6 is 0 Å². The van der Waals surface area contributed by atoms with Gasteiger partial charge in [-0.2, -0.15) is 13.2 Å². The Bertz CT molecular complexity index is 1040. The van der Waals surface area contributed by atoms with Crippen LogP contribution in [0.25, 0.3) is 0 Å². The Balaban J connectivity index is 1.48. The van der Waals surface area contributed by atoms with Crippen LogP contribution in [0.2, 0.25) is 0 Å². The number of nitrogens with zero attached hydrogens (tertiary/aromatic N) is 2. The van der Waals surface area contributed by atoms with Crippen LogP contribution in [-0.4, -0.2) is 54.6 Å². The maximum absolute atomic E-state index is 12.8. The first kappa shape index (κ1) is 27.4. The molecule has 1 atom stereocenters. The monoisotopic (exact) mass is 506 g/mol. The zero-order valence-corrected chi connectivity index (χ0v) is 21.1. The van der Waals surface area contributed by atoms with Gasteiger partial charge < -0.3 is 19.3 Å². The van der Waals surface area contributed by atoms with E-state index in [1.807, 2.05) is 38.1 Å². The Morgan fingerprint density at radius 3 is 2.22 bits per heavy atom. The molecule has 0 aliphatic carbocycles. The van der Waals surface area contributed by atoms with E-state index in [9.17, 15) is 22.8 Å². The molecule has 9 heteroatoms. The van der Waals surface area contributed by atoms with Crippen molar-refractivity contribution in [2.45, 2.75) is 52.4 Å². The Hall–Kier alpha value is -3.23. The second kappa shape index (κ2) is 11.2. The van der Waals surface area contributed by atoms with Crippen LogP contribution in [0.1, 0.15) is 43.9 Å². The molecule has 3 rings (SSSR count). The number of rotatable bonds is 10. The van der Waals surface area contributed by atoms with Gasteiger partial charge in [0.25, 0.3) is 0 Å². The summed E-state index contributed by atoms with van der Waals surface area (Å²) < 4.78 is 49.3. The quantitative estimate of drug-likeness (QED) is 0.397. The third-order valence-electron chi connectivity index (χ3n) is 6.32. The number of alkyl halides is 3. The third-order valence-corrected chi connectivity index (χ3v) is 6.32. The van der Waals surface area contributed by atoms with Gasteiger partial charge >= 0.3 is 18.2 Å². The number of carbonyl (C=O) groups is 2. The van der Waals surface area contributed by atoms with Gasteiger partial charge in [0.2, 0.25) is 0 Å². The van der Waals surface area contributed by atoms with Crippen molar-refractivity contribution in [3.63, 3.8) is 0 Å². The molecule has 1 unspecified atom stereocenters. The molecule has 196 valence electrons. The van der Waals surface area contributed by atoms with Crippen molar-refractivity contribution >= 4 is 12.0 Å². The highest BCUT2D eigenvalue weighted by Gasteiger charge is 2.35. The molecule has 0 aromatic heterocycles. The summed E-state index contributed by atoms with van der Waals surface area (Å²) in [5.41, 5.74) is 0.319. The number of hydrogen-bond donors (Lipinski definition) is 0. The van der Waals surface area contributed by atoms with Gasteiger partial charge in [0.15, 0.2) is 0 Å². The summed E-state index contributed by atoms with van der Waals surface area (Å²) in [5, 5.41) is 0. The number of esters is 1. The molecule has 1 aliphatic rings. The smallest absolute Gasteiger partial charge is 0.416 e. The number of carbonyl (C=O) groups excluding carboxylic acids is 2. The zero-order valence-electron chi connectivity index (χ0n) is 21.1. The molecular weight excluding hydrogens is 473 g/mol. The maximum atomic E-state index is 12.8. The van der Waals surface area contributed by atoms with Crippen molar-refractivity contribution in [2.75, 3.05) is 26.8 Å². The molecule has 1 aliphatic heterocycles. The summed E-state index contributed by atoms with van der Waals surface area (Å²) in [6.45, 7) is 6.99. The zero-order chi connectivity index (χ0) is 26.5. The number of halogens is 3. The van der Waals surface area contributed by atoms with Crippen molar-refractivity contribution in [1.29, 1.82) is 0 Å². The van der Waals surface area contributed by atoms with Crippen molar-refractivity contribution in [1.82, 2.24) is 9.80 Å². The summed E-state index contributed by atoms with van der Waals surface area (Å²) in [7, 11) is 1.72. The third kappa shape index (κ3) is 6.92. The van der Waals surface area contributed by atoms with Crippen LogP contribution in [0.3, 0.4) is 0 Å². The highest BCUT2D eigenvalue weighted by Crippen LogP contribution is 2.30. The van der Waals surface area contributed by atoms with Gasteiger partial charge in [-0.3, -0.25) is 4.79 Å². The molecule has 0 N–H and O–H groups in total. The minimum absolute atomic E-state index is 0.0587. The van der Waals surface area contributed by atoms with E-state index in [2.05, 4.69) is 0 Å². The average molecular weight is 507 g/mol. The lowest BCUT2D eigenvalue weighted by Gasteiger charge is -2.22. The van der Waals surface area contributed by atoms with Gasteiger partial charge in [-0.25, -0.2) is 4.79 Å². The number of urea groups is 1. The SMILES string of the molecule is CCOC(=O)C(C)(C)Cc1ccc(OCCC2CN(Cc3ccc(C(F)(F)F)cc3)C(=O)N2C)cc1. The number of amides is 2. The average Bonchev–Trinajstić information content (AvgIpc) is 3.08. The molecule has 1 fully saturated rings. The van der Waals surface area contributed by atoms with Crippen LogP contribution in [0.5, 0.6) is 5.75 Å². The molecular formula is C27H33F3N2O4. The van der Waals surface area contributed by atoms with Gasteiger partial charge in [0.1, 0.15) is 5.75 Å². The lowest BCUT2D eigenvalue weighted by molar-refractivity contribution is -0.153. The molecule has 36 heavy (non-hydrogen) atoms. The standard InChI is InChI=1S/C27H33F3N2O4/c1-5-35-24(33)26(2,3)16-19-8-12-23(13-9-19)36-15-14-22-18-32(25(34)31(22)4)17-20-6-10-21(11-7-20)27(28,29)30/h6-13,22H,5,14-18H2,1-4H3. The molecule has 2 amide bonds. The summed E-state index contributed by atoms with van der Waals surface area (Å²) >= 11 is 0. The van der Waals surface area contributed by atoms with Gasteiger partial charge in [0, 0.05) is 26.6 Å². The normalized spacial score (nSPS) is 16.4. The molecule has 6 nitrogen and oxygen atoms in total. The van der Waals surface area contributed by atoms with E-state index in [0.717, 1.165) is 17.7 Å². The molecule has 1 heterocycles. The fourth-order valence-corrected chi connectivity index (χ4v) is 4.20. The van der Waals surface area contributed by atoms with Crippen LogP contribution < -0.4 is 4.74 Å². The summed E-state index contributed by atoms with van der Waals surface area (Å²) in [6, 6.07) is 12.2. The van der Waals surface area contributed by atoms with E-state index in [4.69, 9.17) is 9.47 Å². The Kier molecular flexibility index (Phi) is 8.53.